The first-order chi connectivity index (χ1) is 15.5. The summed E-state index contributed by atoms with van der Waals surface area (Å²) in [5, 5.41) is 7.03. The van der Waals surface area contributed by atoms with E-state index in [0.717, 1.165) is 87.9 Å². The number of rotatable bonds is 11. The second kappa shape index (κ2) is 11.8. The van der Waals surface area contributed by atoms with E-state index in [2.05, 4.69) is 46.7 Å². The van der Waals surface area contributed by atoms with Gasteiger partial charge >= 0.3 is 0 Å². The highest BCUT2D eigenvalue weighted by Crippen LogP contribution is 2.40. The Balaban J connectivity index is 1.71. The lowest BCUT2D eigenvalue weighted by atomic mass is 9.78. The SMILES string of the molecule is COc1ccc2c(c1)C(N)(C1CCN(CCCCCN)CC1)NC(=NCCCN(C)C)N2. The number of fused-ring (bicyclic) bond motifs is 1. The summed E-state index contributed by atoms with van der Waals surface area (Å²) in [6.45, 7) is 5.88. The first-order valence-electron chi connectivity index (χ1n) is 12.1. The number of nitrogens with zero attached hydrogens (tertiary/aromatic N) is 3. The second-order valence-corrected chi connectivity index (χ2v) is 9.38. The van der Waals surface area contributed by atoms with Gasteiger partial charge in [0.2, 0.25) is 0 Å². The summed E-state index contributed by atoms with van der Waals surface area (Å²) < 4.78 is 5.51. The summed E-state index contributed by atoms with van der Waals surface area (Å²) in [4.78, 5) is 9.55. The number of ether oxygens (including phenoxy) is 1. The number of likely N-dealkylation sites (tertiary alicyclic amines) is 1. The first-order valence-corrected chi connectivity index (χ1v) is 12.1. The van der Waals surface area contributed by atoms with E-state index in [1.807, 2.05) is 6.07 Å². The molecule has 0 amide bonds. The van der Waals surface area contributed by atoms with E-state index in [9.17, 15) is 0 Å². The van der Waals surface area contributed by atoms with Gasteiger partial charge in [0.15, 0.2) is 5.96 Å². The van der Waals surface area contributed by atoms with Gasteiger partial charge < -0.3 is 36.6 Å². The number of aliphatic imine (C=N–C) groups is 1. The van der Waals surface area contributed by atoms with Gasteiger partial charge in [-0.15, -0.1) is 0 Å². The molecule has 1 atom stereocenters. The molecule has 1 unspecified atom stereocenters. The molecule has 8 heteroatoms. The fourth-order valence-electron chi connectivity index (χ4n) is 4.77. The van der Waals surface area contributed by atoms with Gasteiger partial charge in [-0.2, -0.15) is 0 Å². The molecule has 1 aromatic rings. The zero-order valence-electron chi connectivity index (χ0n) is 20.2. The fourth-order valence-corrected chi connectivity index (χ4v) is 4.77. The molecule has 0 aromatic heterocycles. The van der Waals surface area contributed by atoms with Crippen molar-refractivity contribution >= 4 is 11.6 Å². The Bertz CT molecular complexity index is 746. The topological polar surface area (TPSA) is 104 Å². The minimum Gasteiger partial charge on any atom is -0.497 e. The van der Waals surface area contributed by atoms with Crippen LogP contribution in [0, 0.1) is 5.92 Å². The minimum absolute atomic E-state index is 0.322. The highest BCUT2D eigenvalue weighted by atomic mass is 16.5. The third-order valence-corrected chi connectivity index (χ3v) is 6.69. The van der Waals surface area contributed by atoms with Gasteiger partial charge in [-0.3, -0.25) is 4.99 Å². The molecule has 0 saturated carbocycles. The molecule has 0 spiro atoms. The standard InChI is InChI=1S/C24H43N7O/c1-30(2)14-7-13-27-23-28-22-9-8-20(32-3)18-21(22)24(26,29-23)19-10-16-31(17-11-19)15-6-4-5-12-25/h8-9,18-19H,4-7,10-17,25-26H2,1-3H3,(H2,27,28,29). The first kappa shape index (κ1) is 24.8. The molecular formula is C24H43N7O. The van der Waals surface area contributed by atoms with Crippen LogP contribution in [0.15, 0.2) is 23.2 Å². The largest absolute Gasteiger partial charge is 0.497 e. The molecule has 1 fully saturated rings. The predicted molar refractivity (Wildman–Crippen MR) is 133 cm³/mol. The Kier molecular flexibility index (Phi) is 9.16. The molecule has 1 saturated heterocycles. The maximum Gasteiger partial charge on any atom is 0.197 e. The van der Waals surface area contributed by atoms with Crippen molar-refractivity contribution in [1.29, 1.82) is 0 Å². The summed E-state index contributed by atoms with van der Waals surface area (Å²) >= 11 is 0. The third kappa shape index (κ3) is 6.34. The van der Waals surface area contributed by atoms with E-state index in [0.29, 0.717) is 5.92 Å². The lowest BCUT2D eigenvalue weighted by Gasteiger charge is -2.46. The molecule has 8 nitrogen and oxygen atoms in total. The van der Waals surface area contributed by atoms with Crippen LogP contribution >= 0.6 is 0 Å². The molecule has 32 heavy (non-hydrogen) atoms. The van der Waals surface area contributed by atoms with Crippen LogP contribution < -0.4 is 26.8 Å². The van der Waals surface area contributed by atoms with Crippen LogP contribution in [-0.4, -0.2) is 76.2 Å². The van der Waals surface area contributed by atoms with Gasteiger partial charge in [-0.1, -0.05) is 6.42 Å². The smallest absolute Gasteiger partial charge is 0.197 e. The number of hydrogen-bond donors (Lipinski definition) is 4. The van der Waals surface area contributed by atoms with Crippen molar-refractivity contribution in [2.75, 3.05) is 65.8 Å². The number of methoxy groups -OCH3 is 1. The van der Waals surface area contributed by atoms with Crippen LogP contribution in [0.4, 0.5) is 5.69 Å². The number of anilines is 1. The van der Waals surface area contributed by atoms with Crippen molar-refractivity contribution in [2.24, 2.45) is 22.4 Å². The van der Waals surface area contributed by atoms with Crippen LogP contribution in [0.2, 0.25) is 0 Å². The molecule has 0 radical (unpaired) electrons. The molecule has 2 aliphatic rings. The average molecular weight is 446 g/mol. The molecule has 2 heterocycles. The van der Waals surface area contributed by atoms with Gasteiger partial charge in [-0.25, -0.2) is 0 Å². The normalized spacial score (nSPS) is 23.1. The van der Waals surface area contributed by atoms with Gasteiger partial charge in [0.1, 0.15) is 11.4 Å². The lowest BCUT2D eigenvalue weighted by molar-refractivity contribution is 0.117. The maximum absolute atomic E-state index is 7.17. The number of nitrogens with one attached hydrogen (secondary N) is 2. The Morgan fingerprint density at radius 3 is 2.66 bits per heavy atom. The fraction of sp³-hybridized carbons (Fsp3) is 0.708. The summed E-state index contributed by atoms with van der Waals surface area (Å²) in [5.41, 5.74) is 14.2. The zero-order valence-corrected chi connectivity index (χ0v) is 20.2. The minimum atomic E-state index is -0.666. The lowest BCUT2D eigenvalue weighted by Crippen LogP contribution is -2.63. The van der Waals surface area contributed by atoms with Crippen molar-refractivity contribution in [3.63, 3.8) is 0 Å². The van der Waals surface area contributed by atoms with Crippen LogP contribution in [0.1, 0.15) is 44.1 Å². The Labute approximate surface area is 193 Å². The van der Waals surface area contributed by atoms with Gasteiger partial charge in [0.25, 0.3) is 0 Å². The Morgan fingerprint density at radius 1 is 1.19 bits per heavy atom. The highest BCUT2D eigenvalue weighted by Gasteiger charge is 2.43. The van der Waals surface area contributed by atoms with Gasteiger partial charge in [0.05, 0.1) is 7.11 Å². The van der Waals surface area contributed by atoms with Crippen LogP contribution in [0.25, 0.3) is 0 Å². The number of guanidine groups is 1. The van der Waals surface area contributed by atoms with E-state index in [-0.39, 0.29) is 0 Å². The quantitative estimate of drug-likeness (QED) is 0.386. The van der Waals surface area contributed by atoms with Gasteiger partial charge in [0, 0.05) is 23.7 Å². The molecule has 2 aliphatic heterocycles. The number of nitrogens with two attached hydrogens (primary N) is 2. The summed E-state index contributed by atoms with van der Waals surface area (Å²) in [7, 11) is 5.87. The monoisotopic (exact) mass is 445 g/mol. The molecule has 180 valence electrons. The van der Waals surface area contributed by atoms with Crippen molar-refractivity contribution < 1.29 is 4.74 Å². The van der Waals surface area contributed by atoms with Crippen molar-refractivity contribution in [3.8, 4) is 5.75 Å². The summed E-state index contributed by atoms with van der Waals surface area (Å²) in [6, 6.07) is 6.10. The molecule has 0 aliphatic carbocycles. The summed E-state index contributed by atoms with van der Waals surface area (Å²) in [6.07, 6.45) is 6.69. The van der Waals surface area contributed by atoms with Crippen molar-refractivity contribution in [2.45, 2.75) is 44.2 Å². The summed E-state index contributed by atoms with van der Waals surface area (Å²) in [5.74, 6) is 1.92. The number of unbranched alkanes of at least 4 members (excludes halogenated alkanes) is 2. The maximum atomic E-state index is 7.17. The second-order valence-electron chi connectivity index (χ2n) is 9.38. The van der Waals surface area contributed by atoms with E-state index in [1.54, 1.807) is 7.11 Å². The van der Waals surface area contributed by atoms with Crippen LogP contribution in [0.5, 0.6) is 5.75 Å². The molecule has 6 N–H and O–H groups in total. The third-order valence-electron chi connectivity index (χ3n) is 6.69. The number of piperidine rings is 1. The number of hydrogen-bond acceptors (Lipinski definition) is 6. The van der Waals surface area contributed by atoms with E-state index in [4.69, 9.17) is 21.2 Å². The Hall–Kier alpha value is -1.87. The predicted octanol–water partition coefficient (Wildman–Crippen LogP) is 1.97. The molecular weight excluding hydrogens is 402 g/mol. The Morgan fingerprint density at radius 2 is 1.97 bits per heavy atom. The molecule has 3 rings (SSSR count). The van der Waals surface area contributed by atoms with E-state index in [1.165, 1.54) is 12.8 Å². The van der Waals surface area contributed by atoms with Crippen LogP contribution in [-0.2, 0) is 5.66 Å². The molecule has 0 bridgehead atoms. The highest BCUT2D eigenvalue weighted by molar-refractivity contribution is 5.97. The zero-order chi connectivity index (χ0) is 23.0. The number of benzene rings is 1. The van der Waals surface area contributed by atoms with E-state index >= 15 is 0 Å². The average Bonchev–Trinajstić information content (AvgIpc) is 2.80. The van der Waals surface area contributed by atoms with E-state index < -0.39 is 5.66 Å². The van der Waals surface area contributed by atoms with Crippen LogP contribution in [0.3, 0.4) is 0 Å². The van der Waals surface area contributed by atoms with Crippen molar-refractivity contribution in [1.82, 2.24) is 15.1 Å². The van der Waals surface area contributed by atoms with Crippen molar-refractivity contribution in [3.05, 3.63) is 23.8 Å². The van der Waals surface area contributed by atoms with Gasteiger partial charge in [-0.05, 0) is 97.1 Å². The molecule has 1 aromatic carbocycles.